The van der Waals surface area contributed by atoms with Crippen LogP contribution in [0.25, 0.3) is 0 Å². The van der Waals surface area contributed by atoms with E-state index >= 15 is 0 Å². The van der Waals surface area contributed by atoms with Crippen LogP contribution in [0.3, 0.4) is 0 Å². The zero-order valence-corrected chi connectivity index (χ0v) is 12.8. The van der Waals surface area contributed by atoms with Crippen molar-refractivity contribution in [2.24, 2.45) is 0 Å². The molecule has 0 spiro atoms. The largest absolute Gasteiger partial charge is 0.467 e. The van der Waals surface area contributed by atoms with Gasteiger partial charge in [0.1, 0.15) is 11.8 Å². The number of aromatic nitrogens is 4. The first-order valence-electron chi connectivity index (χ1n) is 7.39. The van der Waals surface area contributed by atoms with Gasteiger partial charge in [-0.15, -0.1) is 0 Å². The van der Waals surface area contributed by atoms with Gasteiger partial charge >= 0.3 is 0 Å². The molecule has 120 valence electrons. The van der Waals surface area contributed by atoms with Crippen LogP contribution in [0.15, 0.2) is 64.4 Å². The summed E-state index contributed by atoms with van der Waals surface area (Å²) in [4.78, 5) is 12.9. The highest BCUT2D eigenvalue weighted by Gasteiger charge is 2.35. The Balaban J connectivity index is 1.75. The summed E-state index contributed by atoms with van der Waals surface area (Å²) >= 11 is 0. The predicted octanol–water partition coefficient (Wildman–Crippen LogP) is 2.19. The molecule has 2 N–H and O–H groups in total. The van der Waals surface area contributed by atoms with Crippen LogP contribution < -0.4 is 10.6 Å². The molecule has 8 heteroatoms. The Morgan fingerprint density at radius 2 is 2.08 bits per heavy atom. The van der Waals surface area contributed by atoms with Gasteiger partial charge in [0, 0.05) is 11.4 Å². The van der Waals surface area contributed by atoms with Crippen molar-refractivity contribution in [2.45, 2.75) is 13.0 Å². The van der Waals surface area contributed by atoms with Crippen molar-refractivity contribution in [1.29, 1.82) is 0 Å². The van der Waals surface area contributed by atoms with Crippen LogP contribution >= 0.6 is 0 Å². The summed E-state index contributed by atoms with van der Waals surface area (Å²) in [6.45, 7) is 1.81. The minimum atomic E-state index is -0.532. The zero-order chi connectivity index (χ0) is 16.5. The van der Waals surface area contributed by atoms with Gasteiger partial charge < -0.3 is 15.1 Å². The van der Waals surface area contributed by atoms with Crippen molar-refractivity contribution >= 4 is 17.5 Å². The molecule has 1 unspecified atom stereocenters. The summed E-state index contributed by atoms with van der Waals surface area (Å²) in [6, 6.07) is 12.3. The van der Waals surface area contributed by atoms with Gasteiger partial charge in [-0.05, 0) is 41.6 Å². The molecule has 1 amide bonds. The topological polar surface area (TPSA) is 97.9 Å². The van der Waals surface area contributed by atoms with E-state index in [1.165, 1.54) is 4.68 Å². The van der Waals surface area contributed by atoms with E-state index in [-0.39, 0.29) is 5.91 Å². The molecule has 0 saturated carbocycles. The third-order valence-corrected chi connectivity index (χ3v) is 3.80. The number of tetrazole rings is 1. The van der Waals surface area contributed by atoms with E-state index in [9.17, 15) is 4.79 Å². The van der Waals surface area contributed by atoms with Crippen LogP contribution in [-0.2, 0) is 4.79 Å². The standard InChI is InChI=1S/C16H14N6O2/c1-10-13(15(23)18-11-6-3-2-4-7-11)14(12-8-5-9-24-12)22-16(17-10)19-20-21-22/h2-9,14H,1H3,(H,18,23)(H,17,19,21). The Morgan fingerprint density at radius 3 is 2.83 bits per heavy atom. The molecule has 4 rings (SSSR count). The summed E-state index contributed by atoms with van der Waals surface area (Å²) in [6.07, 6.45) is 1.56. The molecule has 0 aliphatic carbocycles. The van der Waals surface area contributed by atoms with E-state index in [1.807, 2.05) is 37.3 Å². The second-order valence-corrected chi connectivity index (χ2v) is 5.35. The number of nitrogens with zero attached hydrogens (tertiary/aromatic N) is 4. The van der Waals surface area contributed by atoms with Crippen LogP contribution in [0.2, 0.25) is 0 Å². The first-order chi connectivity index (χ1) is 11.7. The summed E-state index contributed by atoms with van der Waals surface area (Å²) in [7, 11) is 0. The molecule has 0 fully saturated rings. The lowest BCUT2D eigenvalue weighted by Crippen LogP contribution is -2.31. The van der Waals surface area contributed by atoms with Crippen molar-refractivity contribution in [3.05, 3.63) is 65.8 Å². The molecule has 0 radical (unpaired) electrons. The number of rotatable bonds is 3. The van der Waals surface area contributed by atoms with Crippen molar-refractivity contribution in [2.75, 3.05) is 10.6 Å². The summed E-state index contributed by atoms with van der Waals surface area (Å²) in [5.41, 5.74) is 1.88. The van der Waals surface area contributed by atoms with Gasteiger partial charge in [-0.2, -0.15) is 4.68 Å². The van der Waals surface area contributed by atoms with Crippen LogP contribution in [0.5, 0.6) is 0 Å². The van der Waals surface area contributed by atoms with E-state index in [4.69, 9.17) is 4.42 Å². The maximum Gasteiger partial charge on any atom is 0.256 e. The van der Waals surface area contributed by atoms with Gasteiger partial charge in [0.15, 0.2) is 0 Å². The number of furan rings is 1. The number of allylic oxidation sites excluding steroid dienone is 1. The molecular weight excluding hydrogens is 308 g/mol. The number of anilines is 2. The molecule has 3 aromatic rings. The normalized spacial score (nSPS) is 16.5. The van der Waals surface area contributed by atoms with Gasteiger partial charge in [0.25, 0.3) is 5.91 Å². The Morgan fingerprint density at radius 1 is 1.25 bits per heavy atom. The number of nitrogens with one attached hydrogen (secondary N) is 2. The van der Waals surface area contributed by atoms with Gasteiger partial charge in [0.05, 0.1) is 11.8 Å². The number of amides is 1. The lowest BCUT2D eigenvalue weighted by Gasteiger charge is -2.26. The van der Waals surface area contributed by atoms with Crippen molar-refractivity contribution in [3.8, 4) is 0 Å². The van der Waals surface area contributed by atoms with Gasteiger partial charge in [-0.3, -0.25) is 4.79 Å². The lowest BCUT2D eigenvalue weighted by atomic mass is 10.00. The van der Waals surface area contributed by atoms with Crippen LogP contribution in [-0.4, -0.2) is 26.1 Å². The van der Waals surface area contributed by atoms with Crippen molar-refractivity contribution in [3.63, 3.8) is 0 Å². The number of para-hydroxylation sites is 1. The first kappa shape index (κ1) is 14.2. The Labute approximate surface area is 137 Å². The molecule has 2 aromatic heterocycles. The van der Waals surface area contributed by atoms with Crippen molar-refractivity contribution in [1.82, 2.24) is 20.2 Å². The molecule has 3 heterocycles. The summed E-state index contributed by atoms with van der Waals surface area (Å²) < 4.78 is 7.05. The number of carbonyl (C=O) groups is 1. The molecular formula is C16H14N6O2. The maximum atomic E-state index is 12.9. The number of benzene rings is 1. The minimum Gasteiger partial charge on any atom is -0.467 e. The highest BCUT2D eigenvalue weighted by molar-refractivity contribution is 6.05. The number of carbonyl (C=O) groups excluding carboxylic acids is 1. The average molecular weight is 322 g/mol. The van der Waals surface area contributed by atoms with Gasteiger partial charge in [0.2, 0.25) is 5.95 Å². The van der Waals surface area contributed by atoms with Gasteiger partial charge in [-0.1, -0.05) is 23.3 Å². The first-order valence-corrected chi connectivity index (χ1v) is 7.39. The van der Waals surface area contributed by atoms with E-state index in [1.54, 1.807) is 18.4 Å². The molecule has 1 atom stereocenters. The molecule has 1 aliphatic heterocycles. The third-order valence-electron chi connectivity index (χ3n) is 3.80. The Hall–Kier alpha value is -3.42. The van der Waals surface area contributed by atoms with Crippen LogP contribution in [0, 0.1) is 0 Å². The predicted molar refractivity (Wildman–Crippen MR) is 86.1 cm³/mol. The van der Waals surface area contributed by atoms with E-state index < -0.39 is 6.04 Å². The Bertz CT molecular complexity index is 898. The molecule has 24 heavy (non-hydrogen) atoms. The second-order valence-electron chi connectivity index (χ2n) is 5.35. The highest BCUT2D eigenvalue weighted by atomic mass is 16.3. The number of hydrogen-bond acceptors (Lipinski definition) is 6. The highest BCUT2D eigenvalue weighted by Crippen LogP contribution is 2.34. The van der Waals surface area contributed by atoms with Crippen LogP contribution in [0.1, 0.15) is 18.7 Å². The summed E-state index contributed by atoms with van der Waals surface area (Å²) in [5, 5.41) is 17.5. The quantitative estimate of drug-likeness (QED) is 0.767. The smallest absolute Gasteiger partial charge is 0.256 e. The maximum absolute atomic E-state index is 12.9. The number of fused-ring (bicyclic) bond motifs is 1. The fourth-order valence-electron chi connectivity index (χ4n) is 2.74. The van der Waals surface area contributed by atoms with Crippen molar-refractivity contribution < 1.29 is 9.21 Å². The number of hydrogen-bond donors (Lipinski definition) is 2. The lowest BCUT2D eigenvalue weighted by molar-refractivity contribution is -0.113. The molecule has 1 aromatic carbocycles. The molecule has 8 nitrogen and oxygen atoms in total. The monoisotopic (exact) mass is 322 g/mol. The average Bonchev–Trinajstić information content (AvgIpc) is 3.25. The SMILES string of the molecule is CC1=C(C(=O)Nc2ccccc2)C(c2ccco2)n2nnnc2N1. The minimum absolute atomic E-state index is 0.242. The Kier molecular flexibility index (Phi) is 3.34. The fraction of sp³-hybridized carbons (Fsp3) is 0.125. The van der Waals surface area contributed by atoms with Crippen LogP contribution in [0.4, 0.5) is 11.6 Å². The van der Waals surface area contributed by atoms with E-state index in [0.717, 1.165) is 0 Å². The molecule has 0 saturated heterocycles. The third kappa shape index (κ3) is 2.34. The van der Waals surface area contributed by atoms with E-state index in [0.29, 0.717) is 28.7 Å². The second kappa shape index (κ2) is 5.65. The zero-order valence-electron chi connectivity index (χ0n) is 12.8. The van der Waals surface area contributed by atoms with E-state index in [2.05, 4.69) is 26.2 Å². The molecule has 0 bridgehead atoms. The van der Waals surface area contributed by atoms with Gasteiger partial charge in [-0.25, -0.2) is 0 Å². The summed E-state index contributed by atoms with van der Waals surface area (Å²) in [5.74, 6) is 0.807. The molecule has 1 aliphatic rings. The fourth-order valence-corrected chi connectivity index (χ4v) is 2.74.